The van der Waals surface area contributed by atoms with E-state index in [1.165, 1.54) is 22.3 Å². The standard InChI is InChI=1S/C35H34N2O5/c1-36-12-10-22-17-30-31-19-25(22)26(36)15-21-6-9-29(28(38)16-21)40-24-7-4-20(5-8-24)14-27-33-23(11-13-37(27)2)18-32(39-3)34(41-30)35(33)42-31/h4-9,16-19,26-27,38H,10-15H2,1-3H3/t26-,27-/m0/s1. The Hall–Kier alpha value is -4.20. The molecule has 7 heteroatoms. The number of methoxy groups -OCH3 is 1. The molecule has 0 saturated heterocycles. The summed E-state index contributed by atoms with van der Waals surface area (Å²) in [6, 6.07) is 20.6. The Balaban J connectivity index is 1.33. The average Bonchev–Trinajstić information content (AvgIpc) is 2.99. The van der Waals surface area contributed by atoms with Gasteiger partial charge in [0.15, 0.2) is 34.5 Å². The summed E-state index contributed by atoms with van der Waals surface area (Å²) >= 11 is 0. The van der Waals surface area contributed by atoms with Crippen molar-refractivity contribution in [3.05, 3.63) is 94.0 Å². The first kappa shape index (κ1) is 25.5. The van der Waals surface area contributed by atoms with Crippen LogP contribution in [0.25, 0.3) is 0 Å². The molecule has 1 N–H and O–H groups in total. The third kappa shape index (κ3) is 4.10. The van der Waals surface area contributed by atoms with Gasteiger partial charge < -0.3 is 24.1 Å². The molecule has 0 aromatic heterocycles. The molecule has 0 amide bonds. The first-order valence-corrected chi connectivity index (χ1v) is 14.7. The topological polar surface area (TPSA) is 63.6 Å². The number of likely N-dealkylation sites (N-methyl/N-ethyl adjacent to an activating group) is 2. The second-order valence-electron chi connectivity index (χ2n) is 12.0. The molecular formula is C35H34N2O5. The van der Waals surface area contributed by atoms with Crippen LogP contribution < -0.4 is 18.9 Å². The normalized spacial score (nSPS) is 20.6. The number of hydrogen-bond acceptors (Lipinski definition) is 7. The highest BCUT2D eigenvalue weighted by molar-refractivity contribution is 5.67. The Bertz CT molecular complexity index is 1720. The van der Waals surface area contributed by atoms with Gasteiger partial charge in [0.2, 0.25) is 5.75 Å². The molecule has 6 heterocycles. The lowest BCUT2D eigenvalue weighted by Crippen LogP contribution is -2.34. The Kier molecular flexibility index (Phi) is 5.88. The zero-order chi connectivity index (χ0) is 28.5. The van der Waals surface area contributed by atoms with Crippen molar-refractivity contribution in [1.29, 1.82) is 0 Å². The fraction of sp³-hybridized carbons (Fsp3) is 0.314. The van der Waals surface area contributed by atoms with Gasteiger partial charge in [0.25, 0.3) is 0 Å². The second kappa shape index (κ2) is 9.68. The average molecular weight is 563 g/mol. The molecule has 7 nitrogen and oxygen atoms in total. The van der Waals surface area contributed by atoms with Gasteiger partial charge in [-0.15, -0.1) is 0 Å². The van der Waals surface area contributed by atoms with Gasteiger partial charge in [-0.1, -0.05) is 18.2 Å². The van der Waals surface area contributed by atoms with Gasteiger partial charge in [-0.3, -0.25) is 9.80 Å². The Labute approximate surface area is 245 Å². The van der Waals surface area contributed by atoms with E-state index in [4.69, 9.17) is 18.9 Å². The van der Waals surface area contributed by atoms with Crippen LogP contribution >= 0.6 is 0 Å². The lowest BCUT2D eigenvalue weighted by atomic mass is 9.87. The maximum atomic E-state index is 10.9. The first-order valence-electron chi connectivity index (χ1n) is 14.7. The molecule has 0 fully saturated rings. The molecule has 0 spiro atoms. The highest BCUT2D eigenvalue weighted by Crippen LogP contribution is 2.56. The number of phenolic OH excluding ortho intramolecular Hbond substituents is 1. The SMILES string of the molecule is COc1cc2c3c4c1Oc1cc5c(cc1O4)[C@H](Cc1ccc(c(O)c1)Oc1ccc(cc1)C[C@@H]3N(C)CC2)N(C)CC5. The molecule has 2 atom stereocenters. The number of phenols is 1. The van der Waals surface area contributed by atoms with Gasteiger partial charge in [-0.2, -0.15) is 0 Å². The van der Waals surface area contributed by atoms with Crippen molar-refractivity contribution in [3.8, 4) is 46.0 Å². The van der Waals surface area contributed by atoms with Crippen LogP contribution in [-0.2, 0) is 25.7 Å². The van der Waals surface area contributed by atoms with Gasteiger partial charge in [-0.25, -0.2) is 0 Å². The lowest BCUT2D eigenvalue weighted by molar-refractivity contribution is 0.218. The van der Waals surface area contributed by atoms with Crippen molar-refractivity contribution in [1.82, 2.24) is 9.80 Å². The van der Waals surface area contributed by atoms with Crippen molar-refractivity contribution >= 4 is 0 Å². The fourth-order valence-corrected chi connectivity index (χ4v) is 7.06. The summed E-state index contributed by atoms with van der Waals surface area (Å²) in [5, 5.41) is 10.9. The van der Waals surface area contributed by atoms with Crippen molar-refractivity contribution < 1.29 is 24.1 Å². The summed E-state index contributed by atoms with van der Waals surface area (Å²) in [4.78, 5) is 4.78. The molecular weight excluding hydrogens is 528 g/mol. The number of ether oxygens (including phenoxy) is 4. The Morgan fingerprint density at radius 3 is 2.19 bits per heavy atom. The highest BCUT2D eigenvalue weighted by Gasteiger charge is 2.37. The maximum Gasteiger partial charge on any atom is 0.212 e. The monoisotopic (exact) mass is 562 g/mol. The molecule has 214 valence electrons. The predicted molar refractivity (Wildman–Crippen MR) is 160 cm³/mol. The van der Waals surface area contributed by atoms with Crippen LogP contribution in [0.4, 0.5) is 0 Å². The van der Waals surface area contributed by atoms with Crippen molar-refractivity contribution in [2.45, 2.75) is 37.8 Å². The minimum Gasteiger partial charge on any atom is -0.504 e. The Morgan fingerprint density at radius 2 is 1.40 bits per heavy atom. The van der Waals surface area contributed by atoms with Crippen LogP contribution in [0.2, 0.25) is 0 Å². The predicted octanol–water partition coefficient (Wildman–Crippen LogP) is 6.95. The molecule has 10 rings (SSSR count). The van der Waals surface area contributed by atoms with Crippen LogP contribution in [0.5, 0.6) is 46.0 Å². The second-order valence-corrected chi connectivity index (χ2v) is 12.0. The first-order chi connectivity index (χ1) is 20.4. The minimum absolute atomic E-state index is 0.0974. The number of nitrogens with zero attached hydrogens (tertiary/aromatic N) is 2. The minimum atomic E-state index is 0.0974. The fourth-order valence-electron chi connectivity index (χ4n) is 7.06. The lowest BCUT2D eigenvalue weighted by Gasteiger charge is -2.39. The number of hydrogen-bond donors (Lipinski definition) is 1. The largest absolute Gasteiger partial charge is 0.504 e. The molecule has 0 unspecified atom stereocenters. The summed E-state index contributed by atoms with van der Waals surface area (Å²) in [6.45, 7) is 1.87. The van der Waals surface area contributed by atoms with Gasteiger partial charge in [0, 0.05) is 30.7 Å². The molecule has 6 aliphatic heterocycles. The summed E-state index contributed by atoms with van der Waals surface area (Å²) in [7, 11) is 6.04. The van der Waals surface area contributed by atoms with Gasteiger partial charge in [0.1, 0.15) is 5.75 Å². The van der Waals surface area contributed by atoms with Crippen molar-refractivity contribution in [3.63, 3.8) is 0 Å². The third-order valence-electron chi connectivity index (χ3n) is 9.43. The van der Waals surface area contributed by atoms with Crippen LogP contribution in [0, 0.1) is 0 Å². The quantitative estimate of drug-likeness (QED) is 0.237. The van der Waals surface area contributed by atoms with Crippen LogP contribution in [0.15, 0.2) is 60.7 Å². The van der Waals surface area contributed by atoms with E-state index in [-0.39, 0.29) is 17.8 Å². The van der Waals surface area contributed by atoms with E-state index in [9.17, 15) is 5.11 Å². The maximum absolute atomic E-state index is 10.9. The summed E-state index contributed by atoms with van der Waals surface area (Å²) < 4.78 is 25.5. The zero-order valence-electron chi connectivity index (χ0n) is 24.1. The molecule has 7 bridgehead atoms. The Morgan fingerprint density at radius 1 is 0.714 bits per heavy atom. The molecule has 4 aromatic carbocycles. The highest BCUT2D eigenvalue weighted by atomic mass is 16.6. The summed E-state index contributed by atoms with van der Waals surface area (Å²) in [5.41, 5.74) is 7.12. The van der Waals surface area contributed by atoms with Gasteiger partial charge >= 0.3 is 0 Å². The van der Waals surface area contributed by atoms with E-state index in [1.54, 1.807) is 7.11 Å². The van der Waals surface area contributed by atoms with Crippen LogP contribution in [0.1, 0.15) is 45.5 Å². The van der Waals surface area contributed by atoms with E-state index >= 15 is 0 Å². The van der Waals surface area contributed by atoms with Gasteiger partial charge in [-0.05, 0) is 110 Å². The zero-order valence-corrected chi connectivity index (χ0v) is 24.1. The van der Waals surface area contributed by atoms with E-state index < -0.39 is 0 Å². The third-order valence-corrected chi connectivity index (χ3v) is 9.43. The van der Waals surface area contributed by atoms with Crippen LogP contribution in [-0.4, -0.2) is 49.2 Å². The molecule has 0 aliphatic carbocycles. The molecule has 4 aromatic rings. The summed E-state index contributed by atoms with van der Waals surface area (Å²) in [6.07, 6.45) is 3.39. The molecule has 42 heavy (non-hydrogen) atoms. The van der Waals surface area contributed by atoms with E-state index in [0.717, 1.165) is 67.1 Å². The molecule has 0 radical (unpaired) electrons. The summed E-state index contributed by atoms with van der Waals surface area (Å²) in [5.74, 6) is 4.86. The van der Waals surface area contributed by atoms with Crippen molar-refractivity contribution in [2.75, 3.05) is 34.3 Å². The van der Waals surface area contributed by atoms with E-state index in [1.807, 2.05) is 30.3 Å². The molecule has 0 saturated carbocycles. The smallest absolute Gasteiger partial charge is 0.212 e. The van der Waals surface area contributed by atoms with Gasteiger partial charge in [0.05, 0.1) is 7.11 Å². The van der Waals surface area contributed by atoms with Crippen LogP contribution in [0.3, 0.4) is 0 Å². The number of benzene rings is 4. The number of rotatable bonds is 1. The van der Waals surface area contributed by atoms with E-state index in [2.05, 4.69) is 54.2 Å². The number of aromatic hydroxyl groups is 1. The van der Waals surface area contributed by atoms with E-state index in [0.29, 0.717) is 23.0 Å². The number of fused-ring (bicyclic) bond motifs is 2. The van der Waals surface area contributed by atoms with Crippen molar-refractivity contribution in [2.24, 2.45) is 0 Å². The molecule has 6 aliphatic rings.